The van der Waals surface area contributed by atoms with Crippen LogP contribution < -0.4 is 11.3 Å². The summed E-state index contributed by atoms with van der Waals surface area (Å²) in [4.78, 5) is 32.4. The van der Waals surface area contributed by atoms with Crippen molar-refractivity contribution in [2.45, 2.75) is 20.0 Å². The molecular formula is C18H13F3N6O2. The Morgan fingerprint density at radius 1 is 1.17 bits per heavy atom. The minimum Gasteiger partial charge on any atom is -0.383 e. The summed E-state index contributed by atoms with van der Waals surface area (Å²) in [6.07, 6.45) is -2.61. The Kier molecular flexibility index (Phi) is 3.93. The second-order valence-corrected chi connectivity index (χ2v) is 6.43. The van der Waals surface area contributed by atoms with E-state index in [1.54, 1.807) is 13.0 Å². The number of hydrogen-bond donors (Lipinski definition) is 1. The fourth-order valence-electron chi connectivity index (χ4n) is 3.31. The zero-order valence-electron chi connectivity index (χ0n) is 15.2. The SMILES string of the molecule is CC(=O)n1ncc2c(-n3c(C(F)(F)F)cc4c(N)ncnc4c3=O)c(C)ccc21. The summed E-state index contributed by atoms with van der Waals surface area (Å²) in [6, 6.07) is 3.83. The lowest BCUT2D eigenvalue weighted by Gasteiger charge is -2.19. The number of hydrogen-bond acceptors (Lipinski definition) is 6. The van der Waals surface area contributed by atoms with E-state index in [-0.39, 0.29) is 33.3 Å². The molecule has 29 heavy (non-hydrogen) atoms. The zero-order valence-corrected chi connectivity index (χ0v) is 15.2. The van der Waals surface area contributed by atoms with Gasteiger partial charge in [0.2, 0.25) is 5.91 Å². The van der Waals surface area contributed by atoms with Crippen LogP contribution in [0.5, 0.6) is 0 Å². The number of alkyl halides is 3. The summed E-state index contributed by atoms with van der Waals surface area (Å²) in [5.74, 6) is -0.652. The Morgan fingerprint density at radius 2 is 1.90 bits per heavy atom. The number of pyridine rings is 1. The molecule has 0 atom stereocenters. The number of aromatic nitrogens is 5. The maximum atomic E-state index is 13.9. The quantitative estimate of drug-likeness (QED) is 0.524. The third kappa shape index (κ3) is 2.73. The first-order valence-electron chi connectivity index (χ1n) is 8.33. The van der Waals surface area contributed by atoms with Crippen LogP contribution in [0.25, 0.3) is 27.5 Å². The van der Waals surface area contributed by atoms with E-state index >= 15 is 0 Å². The van der Waals surface area contributed by atoms with Gasteiger partial charge in [-0.1, -0.05) is 6.07 Å². The van der Waals surface area contributed by atoms with Gasteiger partial charge in [0.1, 0.15) is 23.4 Å². The normalized spacial score (nSPS) is 12.0. The number of benzene rings is 1. The van der Waals surface area contributed by atoms with Crippen molar-refractivity contribution in [3.8, 4) is 5.69 Å². The van der Waals surface area contributed by atoms with Crippen molar-refractivity contribution in [3.05, 3.63) is 52.3 Å². The molecule has 0 spiro atoms. The highest BCUT2D eigenvalue weighted by Crippen LogP contribution is 2.35. The molecule has 0 aliphatic heterocycles. The number of rotatable bonds is 1. The van der Waals surface area contributed by atoms with Crippen LogP contribution in [0.4, 0.5) is 19.0 Å². The standard InChI is InChI=1S/C18H13F3N6O2/c1-8-3-4-12-11(6-25-27(12)9(2)28)15(8)26-13(18(19,20)21)5-10-14(17(26)29)23-7-24-16(10)22/h3-7H,1-2H3,(H2,22,23,24). The Hall–Kier alpha value is -3.76. The van der Waals surface area contributed by atoms with E-state index in [1.807, 2.05) is 0 Å². The smallest absolute Gasteiger partial charge is 0.383 e. The summed E-state index contributed by atoms with van der Waals surface area (Å²) in [5.41, 5.74) is 3.80. The monoisotopic (exact) mass is 402 g/mol. The molecule has 148 valence electrons. The molecule has 4 aromatic rings. The van der Waals surface area contributed by atoms with E-state index < -0.39 is 23.3 Å². The van der Waals surface area contributed by atoms with Gasteiger partial charge in [0.05, 0.1) is 22.8 Å². The molecule has 3 heterocycles. The van der Waals surface area contributed by atoms with Gasteiger partial charge in [-0.25, -0.2) is 14.6 Å². The van der Waals surface area contributed by atoms with Crippen LogP contribution in [0, 0.1) is 6.92 Å². The Labute approximate surface area is 160 Å². The molecule has 0 unspecified atom stereocenters. The van der Waals surface area contributed by atoms with Crippen LogP contribution in [0.2, 0.25) is 0 Å². The van der Waals surface area contributed by atoms with Crippen LogP contribution in [-0.4, -0.2) is 30.2 Å². The molecule has 2 N–H and O–H groups in total. The summed E-state index contributed by atoms with van der Waals surface area (Å²) in [5, 5.41) is 3.97. The van der Waals surface area contributed by atoms with Gasteiger partial charge in [-0.15, -0.1) is 0 Å². The number of nitrogens with zero attached hydrogens (tertiary/aromatic N) is 5. The number of carbonyl (C=O) groups is 1. The largest absolute Gasteiger partial charge is 0.431 e. The molecule has 0 amide bonds. The van der Waals surface area contributed by atoms with Gasteiger partial charge in [-0.2, -0.15) is 18.3 Å². The lowest BCUT2D eigenvalue weighted by molar-refractivity contribution is -0.142. The molecule has 8 nitrogen and oxygen atoms in total. The van der Waals surface area contributed by atoms with Gasteiger partial charge >= 0.3 is 6.18 Å². The highest BCUT2D eigenvalue weighted by Gasteiger charge is 2.37. The van der Waals surface area contributed by atoms with Crippen LogP contribution in [0.3, 0.4) is 0 Å². The average molecular weight is 402 g/mol. The summed E-state index contributed by atoms with van der Waals surface area (Å²) < 4.78 is 43.4. The summed E-state index contributed by atoms with van der Waals surface area (Å²) in [7, 11) is 0. The number of carbonyl (C=O) groups excluding carboxylic acids is 1. The van der Waals surface area contributed by atoms with Gasteiger partial charge in [0.25, 0.3) is 5.56 Å². The summed E-state index contributed by atoms with van der Waals surface area (Å²) in [6.45, 7) is 2.83. The van der Waals surface area contributed by atoms with E-state index in [9.17, 15) is 22.8 Å². The van der Waals surface area contributed by atoms with E-state index in [4.69, 9.17) is 5.73 Å². The summed E-state index contributed by atoms with van der Waals surface area (Å²) >= 11 is 0. The van der Waals surface area contributed by atoms with Gasteiger partial charge in [0, 0.05) is 12.3 Å². The van der Waals surface area contributed by atoms with Crippen molar-refractivity contribution in [2.24, 2.45) is 0 Å². The molecule has 0 bridgehead atoms. The molecule has 0 radical (unpaired) electrons. The van der Waals surface area contributed by atoms with Crippen LogP contribution in [0.1, 0.15) is 23.0 Å². The number of halogens is 3. The average Bonchev–Trinajstić information content (AvgIpc) is 3.06. The Morgan fingerprint density at radius 3 is 2.55 bits per heavy atom. The Balaban J connectivity index is 2.23. The first-order chi connectivity index (χ1) is 13.6. The van der Waals surface area contributed by atoms with Gasteiger partial charge in [-0.3, -0.25) is 14.2 Å². The van der Waals surface area contributed by atoms with Crippen LogP contribution in [0.15, 0.2) is 35.5 Å². The van der Waals surface area contributed by atoms with Crippen molar-refractivity contribution in [1.82, 2.24) is 24.3 Å². The lowest BCUT2D eigenvalue weighted by Crippen LogP contribution is -2.28. The van der Waals surface area contributed by atoms with Gasteiger partial charge in [-0.05, 0) is 24.6 Å². The number of aryl methyl sites for hydroxylation is 1. The highest BCUT2D eigenvalue weighted by atomic mass is 19.4. The topological polar surface area (TPSA) is 109 Å². The maximum Gasteiger partial charge on any atom is 0.431 e. The van der Waals surface area contributed by atoms with Gasteiger partial charge in [0.15, 0.2) is 0 Å². The van der Waals surface area contributed by atoms with Crippen molar-refractivity contribution in [1.29, 1.82) is 0 Å². The lowest BCUT2D eigenvalue weighted by atomic mass is 10.1. The molecule has 0 saturated carbocycles. The minimum absolute atomic E-state index is 0.0357. The molecule has 0 aliphatic rings. The van der Waals surface area contributed by atoms with Gasteiger partial charge < -0.3 is 5.73 Å². The zero-order chi connectivity index (χ0) is 21.1. The van der Waals surface area contributed by atoms with E-state index in [0.717, 1.165) is 17.1 Å². The fourth-order valence-corrected chi connectivity index (χ4v) is 3.31. The van der Waals surface area contributed by atoms with E-state index in [0.29, 0.717) is 10.1 Å². The molecule has 0 fully saturated rings. The van der Waals surface area contributed by atoms with Crippen molar-refractivity contribution >= 4 is 33.5 Å². The first-order valence-corrected chi connectivity index (χ1v) is 8.33. The molecule has 4 rings (SSSR count). The number of anilines is 1. The molecule has 0 saturated heterocycles. The third-order valence-corrected chi connectivity index (χ3v) is 4.58. The van der Waals surface area contributed by atoms with E-state index in [1.165, 1.54) is 19.2 Å². The molecule has 0 aliphatic carbocycles. The predicted octanol–water partition coefficient (Wildman–Crippen LogP) is 2.70. The van der Waals surface area contributed by atoms with Crippen molar-refractivity contribution < 1.29 is 18.0 Å². The molecule has 1 aromatic carbocycles. The van der Waals surface area contributed by atoms with E-state index in [2.05, 4.69) is 15.1 Å². The fraction of sp³-hybridized carbons (Fsp3) is 0.167. The first kappa shape index (κ1) is 18.6. The predicted molar refractivity (Wildman–Crippen MR) is 98.9 cm³/mol. The second-order valence-electron chi connectivity index (χ2n) is 6.43. The van der Waals surface area contributed by atoms with Crippen molar-refractivity contribution in [3.63, 3.8) is 0 Å². The molecular weight excluding hydrogens is 389 g/mol. The maximum absolute atomic E-state index is 13.9. The molecule has 11 heteroatoms. The number of nitrogens with two attached hydrogens (primary N) is 1. The third-order valence-electron chi connectivity index (χ3n) is 4.58. The number of nitrogen functional groups attached to an aromatic ring is 1. The number of fused-ring (bicyclic) bond motifs is 2. The van der Waals surface area contributed by atoms with Crippen LogP contribution in [-0.2, 0) is 6.18 Å². The highest BCUT2D eigenvalue weighted by molar-refractivity contribution is 5.96. The van der Waals surface area contributed by atoms with Crippen molar-refractivity contribution in [2.75, 3.05) is 5.73 Å². The minimum atomic E-state index is -4.87. The second kappa shape index (κ2) is 6.12. The molecule has 3 aromatic heterocycles. The van der Waals surface area contributed by atoms with Crippen LogP contribution >= 0.6 is 0 Å². The Bertz CT molecular complexity index is 1370.